The molecule has 0 bridgehead atoms. The van der Waals surface area contributed by atoms with Crippen molar-refractivity contribution in [3.63, 3.8) is 0 Å². The summed E-state index contributed by atoms with van der Waals surface area (Å²) in [6.07, 6.45) is 2.43. The van der Waals surface area contributed by atoms with E-state index in [0.717, 1.165) is 6.07 Å². The van der Waals surface area contributed by atoms with E-state index in [1.54, 1.807) is 0 Å². The first-order chi connectivity index (χ1) is 6.65. The number of hydrogen-bond acceptors (Lipinski definition) is 1. The van der Waals surface area contributed by atoms with Gasteiger partial charge in [0.1, 0.15) is 11.6 Å². The summed E-state index contributed by atoms with van der Waals surface area (Å²) in [5.74, 6) is -0.396. The molecule has 0 heterocycles. The fraction of sp³-hybridized carbons (Fsp3) is 0.455. The molecule has 3 heteroatoms. The number of rotatable bonds is 3. The van der Waals surface area contributed by atoms with Crippen LogP contribution in [0.2, 0.25) is 0 Å². The van der Waals surface area contributed by atoms with Gasteiger partial charge in [-0.15, -0.1) is 0 Å². The van der Waals surface area contributed by atoms with E-state index in [9.17, 15) is 8.78 Å². The van der Waals surface area contributed by atoms with Gasteiger partial charge in [-0.05, 0) is 37.8 Å². The molecule has 0 saturated heterocycles. The summed E-state index contributed by atoms with van der Waals surface area (Å²) in [7, 11) is 0. The van der Waals surface area contributed by atoms with E-state index in [1.807, 2.05) is 6.92 Å². The van der Waals surface area contributed by atoms with Gasteiger partial charge in [0.25, 0.3) is 0 Å². The molecule has 0 amide bonds. The standard InChI is InChI=1S/C11H13F2N/c1-7(8-2-3-8)14-11-5-9(12)4-10(13)6-11/h4-8,14H,2-3H2,1H3. The van der Waals surface area contributed by atoms with Crippen molar-refractivity contribution in [2.45, 2.75) is 25.8 Å². The third-order valence-corrected chi connectivity index (χ3v) is 2.59. The van der Waals surface area contributed by atoms with E-state index in [2.05, 4.69) is 5.32 Å². The number of anilines is 1. The summed E-state index contributed by atoms with van der Waals surface area (Å²) in [5, 5.41) is 3.11. The molecule has 76 valence electrons. The van der Waals surface area contributed by atoms with Gasteiger partial charge in [0, 0.05) is 17.8 Å². The van der Waals surface area contributed by atoms with E-state index in [4.69, 9.17) is 0 Å². The SMILES string of the molecule is CC(Nc1cc(F)cc(F)c1)C1CC1. The van der Waals surface area contributed by atoms with E-state index < -0.39 is 11.6 Å². The van der Waals surface area contributed by atoms with Gasteiger partial charge < -0.3 is 5.32 Å². The Kier molecular flexibility index (Phi) is 2.40. The highest BCUT2D eigenvalue weighted by Gasteiger charge is 2.27. The summed E-state index contributed by atoms with van der Waals surface area (Å²) in [5.41, 5.74) is 0.530. The number of benzene rings is 1. The molecule has 2 rings (SSSR count). The number of nitrogens with one attached hydrogen (secondary N) is 1. The number of halogens is 2. The Morgan fingerprint density at radius 3 is 2.29 bits per heavy atom. The molecular formula is C11H13F2N. The second-order valence-electron chi connectivity index (χ2n) is 3.93. The molecule has 0 aromatic heterocycles. The first kappa shape index (κ1) is 9.44. The van der Waals surface area contributed by atoms with Crippen molar-refractivity contribution in [2.24, 2.45) is 5.92 Å². The van der Waals surface area contributed by atoms with Gasteiger partial charge in [0.05, 0.1) is 0 Å². The first-order valence-corrected chi connectivity index (χ1v) is 4.88. The van der Waals surface area contributed by atoms with Crippen LogP contribution in [0.4, 0.5) is 14.5 Å². The van der Waals surface area contributed by atoms with Gasteiger partial charge >= 0.3 is 0 Å². The predicted molar refractivity (Wildman–Crippen MR) is 52.2 cm³/mol. The van der Waals surface area contributed by atoms with Crippen molar-refractivity contribution >= 4 is 5.69 Å². The lowest BCUT2D eigenvalue weighted by Gasteiger charge is -2.14. The fourth-order valence-corrected chi connectivity index (χ4v) is 1.61. The largest absolute Gasteiger partial charge is 0.382 e. The van der Waals surface area contributed by atoms with Crippen LogP contribution in [0.3, 0.4) is 0 Å². The quantitative estimate of drug-likeness (QED) is 0.784. The maximum Gasteiger partial charge on any atom is 0.128 e. The Morgan fingerprint density at radius 1 is 1.21 bits per heavy atom. The van der Waals surface area contributed by atoms with Crippen molar-refractivity contribution in [2.75, 3.05) is 5.32 Å². The van der Waals surface area contributed by atoms with Gasteiger partial charge in [-0.3, -0.25) is 0 Å². The zero-order chi connectivity index (χ0) is 10.1. The highest BCUT2D eigenvalue weighted by atomic mass is 19.1. The second-order valence-corrected chi connectivity index (χ2v) is 3.93. The van der Waals surface area contributed by atoms with Crippen LogP contribution in [-0.4, -0.2) is 6.04 Å². The van der Waals surface area contributed by atoms with Crippen molar-refractivity contribution < 1.29 is 8.78 Å². The zero-order valence-corrected chi connectivity index (χ0v) is 8.06. The Labute approximate surface area is 82.1 Å². The normalized spacial score (nSPS) is 17.9. The van der Waals surface area contributed by atoms with Gasteiger partial charge in [-0.25, -0.2) is 8.78 Å². The molecule has 1 atom stereocenters. The van der Waals surface area contributed by atoms with Crippen LogP contribution < -0.4 is 5.32 Å². The van der Waals surface area contributed by atoms with Gasteiger partial charge in [0.2, 0.25) is 0 Å². The number of hydrogen-bond donors (Lipinski definition) is 1. The Bertz CT molecular complexity index is 314. The smallest absolute Gasteiger partial charge is 0.128 e. The van der Waals surface area contributed by atoms with E-state index in [1.165, 1.54) is 25.0 Å². The molecular weight excluding hydrogens is 184 g/mol. The average Bonchev–Trinajstić information content (AvgIpc) is 2.82. The monoisotopic (exact) mass is 197 g/mol. The van der Waals surface area contributed by atoms with Gasteiger partial charge in [0.15, 0.2) is 0 Å². The van der Waals surface area contributed by atoms with Crippen molar-refractivity contribution in [1.82, 2.24) is 0 Å². The van der Waals surface area contributed by atoms with Gasteiger partial charge in [-0.1, -0.05) is 0 Å². The minimum absolute atomic E-state index is 0.302. The summed E-state index contributed by atoms with van der Waals surface area (Å²) >= 11 is 0. The third-order valence-electron chi connectivity index (χ3n) is 2.59. The molecule has 1 saturated carbocycles. The van der Waals surface area contributed by atoms with Crippen molar-refractivity contribution in [1.29, 1.82) is 0 Å². The van der Waals surface area contributed by atoms with E-state index in [0.29, 0.717) is 17.6 Å². The molecule has 1 nitrogen and oxygen atoms in total. The molecule has 1 aliphatic rings. The Morgan fingerprint density at radius 2 is 1.79 bits per heavy atom. The summed E-state index contributed by atoms with van der Waals surface area (Å²) in [6, 6.07) is 3.83. The highest BCUT2D eigenvalue weighted by molar-refractivity contribution is 5.44. The Balaban J connectivity index is 2.07. The maximum atomic E-state index is 12.8. The molecule has 1 aliphatic carbocycles. The Hall–Kier alpha value is -1.12. The topological polar surface area (TPSA) is 12.0 Å². The molecule has 0 spiro atoms. The van der Waals surface area contributed by atoms with Crippen LogP contribution in [0.5, 0.6) is 0 Å². The van der Waals surface area contributed by atoms with Crippen LogP contribution in [0, 0.1) is 17.6 Å². The van der Waals surface area contributed by atoms with Crippen molar-refractivity contribution in [3.8, 4) is 0 Å². The first-order valence-electron chi connectivity index (χ1n) is 4.88. The maximum absolute atomic E-state index is 12.8. The fourth-order valence-electron chi connectivity index (χ4n) is 1.61. The highest BCUT2D eigenvalue weighted by Crippen LogP contribution is 2.34. The van der Waals surface area contributed by atoms with Crippen LogP contribution in [0.1, 0.15) is 19.8 Å². The molecule has 1 aromatic rings. The molecule has 1 aromatic carbocycles. The predicted octanol–water partition coefficient (Wildman–Crippen LogP) is 3.18. The summed E-state index contributed by atoms with van der Waals surface area (Å²) in [6.45, 7) is 2.04. The molecule has 0 radical (unpaired) electrons. The molecule has 1 fully saturated rings. The second kappa shape index (κ2) is 3.56. The van der Waals surface area contributed by atoms with E-state index >= 15 is 0 Å². The lowest BCUT2D eigenvalue weighted by molar-refractivity contribution is 0.582. The van der Waals surface area contributed by atoms with Crippen LogP contribution in [-0.2, 0) is 0 Å². The van der Waals surface area contributed by atoms with Crippen molar-refractivity contribution in [3.05, 3.63) is 29.8 Å². The van der Waals surface area contributed by atoms with Gasteiger partial charge in [-0.2, -0.15) is 0 Å². The van der Waals surface area contributed by atoms with E-state index in [-0.39, 0.29) is 0 Å². The average molecular weight is 197 g/mol. The molecule has 0 aliphatic heterocycles. The minimum Gasteiger partial charge on any atom is -0.382 e. The van der Waals surface area contributed by atoms with Crippen LogP contribution >= 0.6 is 0 Å². The lowest BCUT2D eigenvalue weighted by atomic mass is 10.2. The van der Waals surface area contributed by atoms with Crippen LogP contribution in [0.25, 0.3) is 0 Å². The molecule has 1 unspecified atom stereocenters. The van der Waals surface area contributed by atoms with Crippen LogP contribution in [0.15, 0.2) is 18.2 Å². The zero-order valence-electron chi connectivity index (χ0n) is 8.06. The summed E-state index contributed by atoms with van der Waals surface area (Å²) < 4.78 is 25.6. The molecule has 1 N–H and O–H groups in total. The lowest BCUT2D eigenvalue weighted by Crippen LogP contribution is -2.17. The molecule has 14 heavy (non-hydrogen) atoms. The third kappa shape index (κ3) is 2.22. The minimum atomic E-state index is -0.532. The summed E-state index contributed by atoms with van der Waals surface area (Å²) in [4.78, 5) is 0.